The normalized spacial score (nSPS) is 28.5. The smallest absolute Gasteiger partial charge is 0.0932 e. The quantitative estimate of drug-likeness (QED) is 0.772. The summed E-state index contributed by atoms with van der Waals surface area (Å²) in [4.78, 5) is 6.92. The number of nitrogens with zero attached hydrogens (tertiary/aromatic N) is 2. The van der Waals surface area contributed by atoms with E-state index in [9.17, 15) is 5.11 Å². The van der Waals surface area contributed by atoms with Crippen LogP contribution in [0, 0.1) is 0 Å². The van der Waals surface area contributed by atoms with Gasteiger partial charge in [-0.25, -0.2) is 0 Å². The minimum atomic E-state index is -0.748. The van der Waals surface area contributed by atoms with Crippen LogP contribution in [0.1, 0.15) is 36.8 Å². The largest absolute Gasteiger partial charge is 0.385 e. The number of hydrogen-bond acceptors (Lipinski definition) is 3. The summed E-state index contributed by atoms with van der Waals surface area (Å²) >= 11 is 0. The second kappa shape index (κ2) is 6.19. The predicted octanol–water partition coefficient (Wildman–Crippen LogP) is 4.25. The molecule has 132 valence electrons. The lowest BCUT2D eigenvalue weighted by Crippen LogP contribution is -2.49. The molecule has 3 heteroatoms. The average molecular weight is 344 g/mol. The topological polar surface area (TPSA) is 36.4 Å². The van der Waals surface area contributed by atoms with Crippen LogP contribution >= 0.6 is 0 Å². The third-order valence-electron chi connectivity index (χ3n) is 6.31. The Kier molecular flexibility index (Phi) is 3.80. The molecule has 3 heterocycles. The van der Waals surface area contributed by atoms with Crippen molar-refractivity contribution < 1.29 is 5.11 Å². The van der Waals surface area contributed by atoms with E-state index < -0.39 is 5.60 Å². The van der Waals surface area contributed by atoms with Crippen LogP contribution in [0.5, 0.6) is 0 Å². The van der Waals surface area contributed by atoms with Gasteiger partial charge in [-0.15, -0.1) is 0 Å². The molecule has 1 aromatic heterocycles. The van der Waals surface area contributed by atoms with E-state index >= 15 is 0 Å². The number of rotatable bonds is 3. The zero-order valence-corrected chi connectivity index (χ0v) is 14.9. The van der Waals surface area contributed by atoms with E-state index in [4.69, 9.17) is 0 Å². The van der Waals surface area contributed by atoms with E-state index in [0.717, 1.165) is 35.7 Å². The molecule has 0 amide bonds. The van der Waals surface area contributed by atoms with Gasteiger partial charge in [0.1, 0.15) is 0 Å². The summed E-state index contributed by atoms with van der Waals surface area (Å²) in [6.07, 6.45) is 7.71. The van der Waals surface area contributed by atoms with Gasteiger partial charge in [-0.2, -0.15) is 0 Å². The standard InChI is InChI=1S/C23H24N2O/c26-23(22-8-4-7-18-11-12-24-15-21(18)22)13-19-9-10-20(14-23)25(19)16-17-5-2-1-3-6-17/h1-8,11-12,15,19-20,26H,9-10,13-14,16H2. The maximum absolute atomic E-state index is 11.7. The van der Waals surface area contributed by atoms with Gasteiger partial charge in [0, 0.05) is 36.4 Å². The first-order valence-corrected chi connectivity index (χ1v) is 9.58. The maximum atomic E-state index is 11.7. The predicted molar refractivity (Wildman–Crippen MR) is 104 cm³/mol. The van der Waals surface area contributed by atoms with Crippen molar-refractivity contribution in [2.45, 2.75) is 49.9 Å². The first kappa shape index (κ1) is 16.0. The van der Waals surface area contributed by atoms with E-state index in [0.29, 0.717) is 12.1 Å². The molecule has 2 aromatic carbocycles. The minimum absolute atomic E-state index is 0.450. The van der Waals surface area contributed by atoms with Crippen LogP contribution in [0.25, 0.3) is 10.8 Å². The van der Waals surface area contributed by atoms with Crippen molar-refractivity contribution in [1.29, 1.82) is 0 Å². The van der Waals surface area contributed by atoms with Crippen molar-refractivity contribution in [3.8, 4) is 0 Å². The molecule has 3 aromatic rings. The summed E-state index contributed by atoms with van der Waals surface area (Å²) in [7, 11) is 0. The fraction of sp³-hybridized carbons (Fsp3) is 0.348. The molecule has 5 rings (SSSR count). The van der Waals surface area contributed by atoms with Crippen LogP contribution in [-0.4, -0.2) is 27.1 Å². The average Bonchev–Trinajstić information content (AvgIpc) is 2.92. The van der Waals surface area contributed by atoms with Crippen molar-refractivity contribution in [1.82, 2.24) is 9.88 Å². The molecule has 3 nitrogen and oxygen atoms in total. The molecule has 0 saturated carbocycles. The Bertz CT molecular complexity index is 904. The lowest BCUT2D eigenvalue weighted by molar-refractivity contribution is -0.0585. The zero-order valence-electron chi connectivity index (χ0n) is 14.9. The highest BCUT2D eigenvalue weighted by Gasteiger charge is 2.48. The van der Waals surface area contributed by atoms with Crippen molar-refractivity contribution in [2.75, 3.05) is 0 Å². The number of fused-ring (bicyclic) bond motifs is 3. The Morgan fingerprint density at radius 1 is 0.962 bits per heavy atom. The van der Waals surface area contributed by atoms with E-state index in [2.05, 4.69) is 58.4 Å². The second-order valence-corrected chi connectivity index (χ2v) is 7.89. The number of aromatic nitrogens is 1. The summed E-state index contributed by atoms with van der Waals surface area (Å²) in [5, 5.41) is 13.9. The van der Waals surface area contributed by atoms with Gasteiger partial charge in [-0.05, 0) is 48.3 Å². The molecule has 2 aliphatic rings. The van der Waals surface area contributed by atoms with Crippen molar-refractivity contribution >= 4 is 10.8 Å². The highest BCUT2D eigenvalue weighted by atomic mass is 16.3. The Labute approximate surface area is 154 Å². The van der Waals surface area contributed by atoms with Crippen LogP contribution in [0.15, 0.2) is 67.0 Å². The lowest BCUT2D eigenvalue weighted by atomic mass is 9.79. The van der Waals surface area contributed by atoms with Gasteiger partial charge < -0.3 is 5.11 Å². The molecule has 2 unspecified atom stereocenters. The molecule has 2 atom stereocenters. The van der Waals surface area contributed by atoms with Crippen molar-refractivity contribution in [3.63, 3.8) is 0 Å². The van der Waals surface area contributed by atoms with E-state index in [1.807, 2.05) is 18.5 Å². The van der Waals surface area contributed by atoms with Gasteiger partial charge in [0.05, 0.1) is 5.60 Å². The third kappa shape index (κ3) is 2.63. The first-order valence-electron chi connectivity index (χ1n) is 9.58. The van der Waals surface area contributed by atoms with E-state index in [1.54, 1.807) is 0 Å². The number of benzene rings is 2. The Morgan fingerprint density at radius 3 is 2.50 bits per heavy atom. The molecule has 0 aliphatic carbocycles. The number of aliphatic hydroxyl groups is 1. The summed E-state index contributed by atoms with van der Waals surface area (Å²) in [5.41, 5.74) is 1.67. The van der Waals surface area contributed by atoms with Gasteiger partial charge in [-0.1, -0.05) is 48.5 Å². The van der Waals surface area contributed by atoms with Crippen LogP contribution in [0.3, 0.4) is 0 Å². The van der Waals surface area contributed by atoms with Crippen LogP contribution in [0.4, 0.5) is 0 Å². The molecule has 2 aliphatic heterocycles. The summed E-state index contributed by atoms with van der Waals surface area (Å²) in [6, 6.07) is 19.9. The number of piperidine rings is 1. The first-order chi connectivity index (χ1) is 12.7. The maximum Gasteiger partial charge on any atom is 0.0932 e. The fourth-order valence-corrected chi connectivity index (χ4v) is 5.11. The molecule has 0 spiro atoms. The van der Waals surface area contributed by atoms with Crippen molar-refractivity contribution in [3.05, 3.63) is 78.1 Å². The SMILES string of the molecule is OC1(c2cccc3ccncc23)CC2CCC(C1)N2Cc1ccccc1. The molecule has 2 bridgehead atoms. The molecule has 2 fully saturated rings. The van der Waals surface area contributed by atoms with Crippen LogP contribution < -0.4 is 0 Å². The van der Waals surface area contributed by atoms with Gasteiger partial charge in [0.15, 0.2) is 0 Å². The van der Waals surface area contributed by atoms with E-state index in [-0.39, 0.29) is 0 Å². The number of hydrogen-bond donors (Lipinski definition) is 1. The molecular formula is C23H24N2O. The highest BCUT2D eigenvalue weighted by molar-refractivity contribution is 5.85. The third-order valence-corrected chi connectivity index (χ3v) is 6.31. The summed E-state index contributed by atoms with van der Waals surface area (Å²) in [6.45, 7) is 0.989. The Hall–Kier alpha value is -2.23. The lowest BCUT2D eigenvalue weighted by Gasteiger charge is -2.44. The summed E-state index contributed by atoms with van der Waals surface area (Å²) < 4.78 is 0. The molecule has 26 heavy (non-hydrogen) atoms. The summed E-state index contributed by atoms with van der Waals surface area (Å²) in [5.74, 6) is 0. The fourth-order valence-electron chi connectivity index (χ4n) is 5.11. The molecular weight excluding hydrogens is 320 g/mol. The molecule has 0 radical (unpaired) electrons. The zero-order chi connectivity index (χ0) is 17.6. The van der Waals surface area contributed by atoms with Crippen molar-refractivity contribution in [2.24, 2.45) is 0 Å². The van der Waals surface area contributed by atoms with Gasteiger partial charge >= 0.3 is 0 Å². The Balaban J connectivity index is 1.46. The van der Waals surface area contributed by atoms with Gasteiger partial charge in [-0.3, -0.25) is 9.88 Å². The number of pyridine rings is 1. The second-order valence-electron chi connectivity index (χ2n) is 7.89. The molecule has 1 N–H and O–H groups in total. The highest BCUT2D eigenvalue weighted by Crippen LogP contribution is 2.47. The van der Waals surface area contributed by atoms with Gasteiger partial charge in [0.25, 0.3) is 0 Å². The van der Waals surface area contributed by atoms with Crippen LogP contribution in [-0.2, 0) is 12.1 Å². The van der Waals surface area contributed by atoms with Gasteiger partial charge in [0.2, 0.25) is 0 Å². The van der Waals surface area contributed by atoms with Crippen LogP contribution in [0.2, 0.25) is 0 Å². The minimum Gasteiger partial charge on any atom is -0.385 e. The van der Waals surface area contributed by atoms with E-state index in [1.165, 1.54) is 18.4 Å². The monoisotopic (exact) mass is 344 g/mol. The Morgan fingerprint density at radius 2 is 1.73 bits per heavy atom. The molecule has 2 saturated heterocycles.